The Morgan fingerprint density at radius 1 is 1.23 bits per heavy atom. The van der Waals surface area contributed by atoms with Gasteiger partial charge in [-0.25, -0.2) is 4.98 Å². The van der Waals surface area contributed by atoms with Gasteiger partial charge in [0.05, 0.1) is 30.3 Å². The van der Waals surface area contributed by atoms with Crippen molar-refractivity contribution in [1.82, 2.24) is 19.7 Å². The fraction of sp³-hybridized carbons (Fsp3) is 0.364. The second-order valence-corrected chi connectivity index (χ2v) is 8.14. The Morgan fingerprint density at radius 3 is 2.68 bits per heavy atom. The first kappa shape index (κ1) is 21.1. The molecule has 2 aromatic heterocycles. The molecule has 1 aromatic carbocycles. The average molecular weight is 442 g/mol. The average Bonchev–Trinajstić information content (AvgIpc) is 3.06. The number of likely N-dealkylation sites (tertiary alicyclic amines) is 1. The fourth-order valence-corrected chi connectivity index (χ4v) is 4.16. The van der Waals surface area contributed by atoms with Crippen molar-refractivity contribution in [2.24, 2.45) is 13.0 Å². The monoisotopic (exact) mass is 441 g/mol. The van der Waals surface area contributed by atoms with Gasteiger partial charge in [0.15, 0.2) is 5.65 Å². The highest BCUT2D eigenvalue weighted by Crippen LogP contribution is 2.27. The summed E-state index contributed by atoms with van der Waals surface area (Å²) in [7, 11) is 3.37. The smallest absolute Gasteiger partial charge is 0.257 e. The summed E-state index contributed by atoms with van der Waals surface area (Å²) in [6, 6.07) is 6.88. The lowest BCUT2D eigenvalue weighted by atomic mass is 9.95. The molecule has 0 radical (unpaired) electrons. The van der Waals surface area contributed by atoms with Gasteiger partial charge in [-0.05, 0) is 44.0 Å². The van der Waals surface area contributed by atoms with E-state index in [2.05, 4.69) is 15.4 Å². The third-order valence-corrected chi connectivity index (χ3v) is 5.91. The topological polar surface area (TPSA) is 89.3 Å². The van der Waals surface area contributed by atoms with Gasteiger partial charge in [-0.3, -0.25) is 14.3 Å². The summed E-state index contributed by atoms with van der Waals surface area (Å²) in [6.07, 6.45) is 2.82. The van der Waals surface area contributed by atoms with Crippen molar-refractivity contribution < 1.29 is 14.3 Å². The van der Waals surface area contributed by atoms with E-state index in [0.29, 0.717) is 48.0 Å². The van der Waals surface area contributed by atoms with Crippen LogP contribution in [0.2, 0.25) is 5.02 Å². The Labute approximate surface area is 185 Å². The zero-order valence-electron chi connectivity index (χ0n) is 17.7. The van der Waals surface area contributed by atoms with Crippen LogP contribution < -0.4 is 10.1 Å². The van der Waals surface area contributed by atoms with E-state index in [0.717, 1.165) is 16.7 Å². The van der Waals surface area contributed by atoms with Gasteiger partial charge < -0.3 is 15.0 Å². The number of carbonyl (C=O) groups excluding carboxylic acids is 2. The minimum absolute atomic E-state index is 0.0601. The van der Waals surface area contributed by atoms with Crippen LogP contribution in [0.3, 0.4) is 0 Å². The van der Waals surface area contributed by atoms with Crippen molar-refractivity contribution in [1.29, 1.82) is 0 Å². The van der Waals surface area contributed by atoms with E-state index in [9.17, 15) is 9.59 Å². The first-order valence-corrected chi connectivity index (χ1v) is 10.5. The molecule has 3 aromatic rings. The maximum absolute atomic E-state index is 12.9. The van der Waals surface area contributed by atoms with Gasteiger partial charge in [0, 0.05) is 36.5 Å². The number of nitrogens with zero attached hydrogens (tertiary/aromatic N) is 4. The number of pyridine rings is 1. The summed E-state index contributed by atoms with van der Waals surface area (Å²) in [5, 5.41) is 8.71. The lowest BCUT2D eigenvalue weighted by molar-refractivity contribution is -0.121. The van der Waals surface area contributed by atoms with E-state index in [1.165, 1.54) is 7.11 Å². The quantitative estimate of drug-likeness (QED) is 0.670. The number of hydrogen-bond donors (Lipinski definition) is 1. The molecule has 1 saturated heterocycles. The van der Waals surface area contributed by atoms with Crippen LogP contribution in [0, 0.1) is 12.8 Å². The highest BCUT2D eigenvalue weighted by Gasteiger charge is 2.29. The Balaban J connectivity index is 1.39. The molecule has 1 aliphatic heterocycles. The summed E-state index contributed by atoms with van der Waals surface area (Å²) in [5.41, 5.74) is 2.73. The number of amides is 2. The maximum Gasteiger partial charge on any atom is 0.257 e. The van der Waals surface area contributed by atoms with Gasteiger partial charge in [-0.2, -0.15) is 5.10 Å². The Hall–Kier alpha value is -3.13. The lowest BCUT2D eigenvalue weighted by Crippen LogP contribution is -2.41. The van der Waals surface area contributed by atoms with E-state index in [1.807, 2.05) is 20.0 Å². The van der Waals surface area contributed by atoms with E-state index >= 15 is 0 Å². The van der Waals surface area contributed by atoms with Gasteiger partial charge in [0.2, 0.25) is 5.91 Å². The third-order valence-electron chi connectivity index (χ3n) is 5.68. The first-order valence-electron chi connectivity index (χ1n) is 10.1. The van der Waals surface area contributed by atoms with Gasteiger partial charge in [-0.1, -0.05) is 11.6 Å². The molecule has 4 rings (SSSR count). The first-order chi connectivity index (χ1) is 14.9. The molecule has 0 atom stereocenters. The Bertz CT molecular complexity index is 1150. The maximum atomic E-state index is 12.9. The second kappa shape index (κ2) is 8.55. The van der Waals surface area contributed by atoms with Crippen molar-refractivity contribution in [2.45, 2.75) is 19.8 Å². The van der Waals surface area contributed by atoms with E-state index < -0.39 is 0 Å². The molecule has 0 bridgehead atoms. The fourth-order valence-electron chi connectivity index (χ4n) is 3.98. The second-order valence-electron chi connectivity index (χ2n) is 7.70. The predicted molar refractivity (Wildman–Crippen MR) is 119 cm³/mol. The number of aryl methyl sites for hydroxylation is 2. The Morgan fingerprint density at radius 2 is 1.97 bits per heavy atom. The highest BCUT2D eigenvalue weighted by molar-refractivity contribution is 6.31. The van der Waals surface area contributed by atoms with Crippen LogP contribution in [-0.4, -0.2) is 51.7 Å². The van der Waals surface area contributed by atoms with Crippen LogP contribution in [0.25, 0.3) is 11.0 Å². The van der Waals surface area contributed by atoms with E-state index in [4.69, 9.17) is 16.3 Å². The number of aromatic nitrogens is 3. The summed E-state index contributed by atoms with van der Waals surface area (Å²) in [5.74, 6) is 0.119. The van der Waals surface area contributed by atoms with Crippen molar-refractivity contribution in [3.05, 3.63) is 46.7 Å². The number of carbonyl (C=O) groups is 2. The molecule has 1 aliphatic rings. The molecule has 0 aliphatic carbocycles. The number of rotatable bonds is 4. The summed E-state index contributed by atoms with van der Waals surface area (Å²) in [6.45, 7) is 2.90. The van der Waals surface area contributed by atoms with Crippen molar-refractivity contribution in [3.8, 4) is 5.75 Å². The third kappa shape index (κ3) is 4.20. The zero-order valence-corrected chi connectivity index (χ0v) is 18.4. The molecule has 9 heteroatoms. The van der Waals surface area contributed by atoms with Crippen molar-refractivity contribution in [2.75, 3.05) is 25.5 Å². The number of halogens is 1. The number of nitrogens with one attached hydrogen (secondary N) is 1. The predicted octanol–water partition coefficient (Wildman–Crippen LogP) is 3.43. The summed E-state index contributed by atoms with van der Waals surface area (Å²) in [4.78, 5) is 31.9. The normalized spacial score (nSPS) is 14.6. The summed E-state index contributed by atoms with van der Waals surface area (Å²) >= 11 is 6.06. The number of anilines is 1. The number of benzene rings is 1. The molecule has 1 N–H and O–H groups in total. The van der Waals surface area contributed by atoms with Crippen LogP contribution in [0.1, 0.15) is 28.9 Å². The van der Waals surface area contributed by atoms with Crippen molar-refractivity contribution >= 4 is 40.1 Å². The molecule has 162 valence electrons. The largest absolute Gasteiger partial charge is 0.496 e. The molecule has 3 heterocycles. The molecule has 0 spiro atoms. The van der Waals surface area contributed by atoms with E-state index in [1.54, 1.807) is 34.0 Å². The number of ether oxygens (including phenoxy) is 1. The standard InChI is InChI=1S/C22H24ClN5O3/c1-13-17-11-16(12-24-20(17)27(2)26-13)25-21(29)14-6-8-28(9-7-14)22(30)18-10-15(23)4-5-19(18)31-3/h4-5,10-12,14H,6-9H2,1-3H3,(H,25,29). The van der Waals surface area contributed by atoms with Crippen LogP contribution in [-0.2, 0) is 11.8 Å². The molecule has 0 saturated carbocycles. The molecule has 1 fully saturated rings. The van der Waals surface area contributed by atoms with Gasteiger partial charge in [-0.15, -0.1) is 0 Å². The van der Waals surface area contributed by atoms with Gasteiger partial charge >= 0.3 is 0 Å². The van der Waals surface area contributed by atoms with Crippen LogP contribution in [0.4, 0.5) is 5.69 Å². The molecule has 8 nitrogen and oxygen atoms in total. The minimum Gasteiger partial charge on any atom is -0.496 e. The molecule has 31 heavy (non-hydrogen) atoms. The van der Waals surface area contributed by atoms with Crippen LogP contribution in [0.15, 0.2) is 30.5 Å². The number of fused-ring (bicyclic) bond motifs is 1. The molecular weight excluding hydrogens is 418 g/mol. The number of piperidine rings is 1. The van der Waals surface area contributed by atoms with Crippen LogP contribution >= 0.6 is 11.6 Å². The highest BCUT2D eigenvalue weighted by atomic mass is 35.5. The molecular formula is C22H24ClN5O3. The Kier molecular flexibility index (Phi) is 5.82. The number of methoxy groups -OCH3 is 1. The molecule has 0 unspecified atom stereocenters. The molecule has 2 amide bonds. The SMILES string of the molecule is COc1ccc(Cl)cc1C(=O)N1CCC(C(=O)Nc2cnc3c(c2)c(C)nn3C)CC1. The summed E-state index contributed by atoms with van der Waals surface area (Å²) < 4.78 is 7.02. The van der Waals surface area contributed by atoms with Gasteiger partial charge in [0.1, 0.15) is 5.75 Å². The van der Waals surface area contributed by atoms with E-state index in [-0.39, 0.29) is 17.7 Å². The number of hydrogen-bond acceptors (Lipinski definition) is 5. The lowest BCUT2D eigenvalue weighted by Gasteiger charge is -2.31. The minimum atomic E-state index is -0.170. The van der Waals surface area contributed by atoms with Crippen LogP contribution in [0.5, 0.6) is 5.75 Å². The zero-order chi connectivity index (χ0) is 22.1. The van der Waals surface area contributed by atoms with Crippen molar-refractivity contribution in [3.63, 3.8) is 0 Å². The van der Waals surface area contributed by atoms with Gasteiger partial charge in [0.25, 0.3) is 5.91 Å².